The highest BCUT2D eigenvalue weighted by Gasteiger charge is 2.07. The van der Waals surface area contributed by atoms with Gasteiger partial charge in [-0.25, -0.2) is 0 Å². The van der Waals surface area contributed by atoms with Crippen molar-refractivity contribution in [3.05, 3.63) is 30.5 Å². The van der Waals surface area contributed by atoms with Crippen molar-refractivity contribution in [3.8, 4) is 17.0 Å². The lowest BCUT2D eigenvalue weighted by Crippen LogP contribution is -2.30. The number of aliphatic hydroxyl groups is 1. The number of aromatic nitrogens is 3. The van der Waals surface area contributed by atoms with Gasteiger partial charge in [-0.05, 0) is 31.2 Å². The average Bonchev–Trinajstić information content (AvgIpc) is 2.88. The zero-order valence-electron chi connectivity index (χ0n) is 10.9. The van der Waals surface area contributed by atoms with E-state index in [1.54, 1.807) is 4.68 Å². The van der Waals surface area contributed by atoms with Gasteiger partial charge >= 0.3 is 0 Å². The topological polar surface area (TPSA) is 86.2 Å². The van der Waals surface area contributed by atoms with E-state index in [0.717, 1.165) is 17.0 Å². The van der Waals surface area contributed by atoms with Gasteiger partial charge in [0.2, 0.25) is 0 Å². The SMILES string of the molecule is CCOc1ccc(-c2cn(C[C@@H](N)CO)nn2)cc1. The Hall–Kier alpha value is -1.92. The quantitative estimate of drug-likeness (QED) is 0.798. The summed E-state index contributed by atoms with van der Waals surface area (Å²) in [6.45, 7) is 2.97. The molecule has 102 valence electrons. The summed E-state index contributed by atoms with van der Waals surface area (Å²) in [7, 11) is 0. The van der Waals surface area contributed by atoms with Gasteiger partial charge in [-0.15, -0.1) is 5.10 Å². The standard InChI is InChI=1S/C13H18N4O2/c1-2-19-12-5-3-10(4-6-12)13-8-17(16-15-13)7-11(14)9-18/h3-6,8,11,18H,2,7,9,14H2,1H3/t11-/m1/s1. The molecule has 1 atom stereocenters. The van der Waals surface area contributed by atoms with Crippen molar-refractivity contribution < 1.29 is 9.84 Å². The average molecular weight is 262 g/mol. The fourth-order valence-corrected chi connectivity index (χ4v) is 1.71. The molecule has 0 saturated heterocycles. The van der Waals surface area contributed by atoms with Crippen LogP contribution >= 0.6 is 0 Å². The van der Waals surface area contributed by atoms with Crippen molar-refractivity contribution in [2.45, 2.75) is 19.5 Å². The van der Waals surface area contributed by atoms with Gasteiger partial charge in [-0.2, -0.15) is 0 Å². The van der Waals surface area contributed by atoms with Crippen molar-refractivity contribution >= 4 is 0 Å². The number of nitrogens with two attached hydrogens (primary N) is 1. The second-order valence-electron chi connectivity index (χ2n) is 4.23. The molecule has 6 nitrogen and oxygen atoms in total. The van der Waals surface area contributed by atoms with Gasteiger partial charge in [0.25, 0.3) is 0 Å². The zero-order valence-corrected chi connectivity index (χ0v) is 10.9. The smallest absolute Gasteiger partial charge is 0.119 e. The van der Waals surface area contributed by atoms with Gasteiger partial charge < -0.3 is 15.6 Å². The first-order valence-corrected chi connectivity index (χ1v) is 6.22. The molecule has 0 amide bonds. The molecule has 0 saturated carbocycles. The largest absolute Gasteiger partial charge is 0.494 e. The lowest BCUT2D eigenvalue weighted by atomic mass is 10.1. The molecule has 0 aliphatic rings. The zero-order chi connectivity index (χ0) is 13.7. The van der Waals surface area contributed by atoms with E-state index in [9.17, 15) is 0 Å². The third-order valence-electron chi connectivity index (χ3n) is 2.66. The molecular weight excluding hydrogens is 244 g/mol. The van der Waals surface area contributed by atoms with Crippen molar-refractivity contribution in [2.24, 2.45) is 5.73 Å². The number of rotatable bonds is 6. The van der Waals surface area contributed by atoms with Crippen LogP contribution in [0.1, 0.15) is 6.92 Å². The number of ether oxygens (including phenoxy) is 1. The second-order valence-corrected chi connectivity index (χ2v) is 4.23. The summed E-state index contributed by atoms with van der Waals surface area (Å²) >= 11 is 0. The number of aliphatic hydroxyl groups excluding tert-OH is 1. The highest BCUT2D eigenvalue weighted by atomic mass is 16.5. The van der Waals surface area contributed by atoms with Crippen LogP contribution in [0.4, 0.5) is 0 Å². The molecule has 2 rings (SSSR count). The van der Waals surface area contributed by atoms with E-state index in [0.29, 0.717) is 13.2 Å². The first-order chi connectivity index (χ1) is 9.22. The van der Waals surface area contributed by atoms with Crippen LogP contribution in [0.2, 0.25) is 0 Å². The number of hydrogen-bond acceptors (Lipinski definition) is 5. The van der Waals surface area contributed by atoms with E-state index in [4.69, 9.17) is 15.6 Å². The number of hydrogen-bond donors (Lipinski definition) is 2. The molecule has 6 heteroatoms. The molecule has 0 unspecified atom stereocenters. The molecule has 2 aromatic rings. The molecule has 0 spiro atoms. The molecule has 1 aromatic heterocycles. The van der Waals surface area contributed by atoms with Gasteiger partial charge in [0.05, 0.1) is 26.0 Å². The van der Waals surface area contributed by atoms with Crippen LogP contribution in [0.5, 0.6) is 5.75 Å². The van der Waals surface area contributed by atoms with Crippen LogP contribution in [0.15, 0.2) is 30.5 Å². The van der Waals surface area contributed by atoms with Gasteiger partial charge in [0.15, 0.2) is 0 Å². The second kappa shape index (κ2) is 6.31. The van der Waals surface area contributed by atoms with Gasteiger partial charge in [0.1, 0.15) is 11.4 Å². The third kappa shape index (κ3) is 3.52. The predicted molar refractivity (Wildman–Crippen MR) is 71.7 cm³/mol. The van der Waals surface area contributed by atoms with Crippen LogP contribution in [0.3, 0.4) is 0 Å². The highest BCUT2D eigenvalue weighted by Crippen LogP contribution is 2.20. The molecule has 1 heterocycles. The van der Waals surface area contributed by atoms with Gasteiger partial charge in [0, 0.05) is 11.6 Å². The molecule has 0 aliphatic heterocycles. The predicted octanol–water partition coefficient (Wildman–Crippen LogP) is 0.663. The lowest BCUT2D eigenvalue weighted by Gasteiger charge is -2.06. The van der Waals surface area contributed by atoms with Crippen LogP contribution < -0.4 is 10.5 Å². The Morgan fingerprint density at radius 2 is 2.11 bits per heavy atom. The molecule has 0 radical (unpaired) electrons. The van der Waals surface area contributed by atoms with Gasteiger partial charge in [-0.1, -0.05) is 5.21 Å². The Balaban J connectivity index is 2.09. The molecule has 0 fully saturated rings. The minimum absolute atomic E-state index is 0.0712. The molecule has 3 N–H and O–H groups in total. The molecule has 0 bridgehead atoms. The van der Waals surface area contributed by atoms with E-state index < -0.39 is 0 Å². The number of nitrogens with zero attached hydrogens (tertiary/aromatic N) is 3. The normalized spacial score (nSPS) is 12.4. The van der Waals surface area contributed by atoms with E-state index in [-0.39, 0.29) is 12.6 Å². The van der Waals surface area contributed by atoms with Crippen LogP contribution in [0.25, 0.3) is 11.3 Å². The number of benzene rings is 1. The van der Waals surface area contributed by atoms with Crippen LogP contribution in [0, 0.1) is 0 Å². The summed E-state index contributed by atoms with van der Waals surface area (Å²) in [6, 6.07) is 7.35. The first kappa shape index (κ1) is 13.5. The Kier molecular flexibility index (Phi) is 4.48. The maximum absolute atomic E-state index is 8.90. The summed E-state index contributed by atoms with van der Waals surface area (Å²) in [5.74, 6) is 0.834. The Bertz CT molecular complexity index is 510. The summed E-state index contributed by atoms with van der Waals surface area (Å²) in [5, 5.41) is 17.0. The summed E-state index contributed by atoms with van der Waals surface area (Å²) in [6.07, 6.45) is 1.81. The van der Waals surface area contributed by atoms with Crippen LogP contribution in [-0.2, 0) is 6.54 Å². The fourth-order valence-electron chi connectivity index (χ4n) is 1.71. The summed E-state index contributed by atoms with van der Waals surface area (Å²) < 4.78 is 7.02. The highest BCUT2D eigenvalue weighted by molar-refractivity contribution is 5.58. The van der Waals surface area contributed by atoms with Crippen LogP contribution in [-0.4, -0.2) is 39.4 Å². The van der Waals surface area contributed by atoms with Crippen molar-refractivity contribution in [1.82, 2.24) is 15.0 Å². The Morgan fingerprint density at radius 3 is 2.74 bits per heavy atom. The molecule has 1 aromatic carbocycles. The summed E-state index contributed by atoms with van der Waals surface area (Å²) in [5.41, 5.74) is 7.39. The van der Waals surface area contributed by atoms with E-state index in [1.165, 1.54) is 0 Å². The Morgan fingerprint density at radius 1 is 1.37 bits per heavy atom. The van der Waals surface area contributed by atoms with Crippen molar-refractivity contribution in [1.29, 1.82) is 0 Å². The molecular formula is C13H18N4O2. The maximum atomic E-state index is 8.90. The lowest BCUT2D eigenvalue weighted by molar-refractivity contribution is 0.250. The van der Waals surface area contributed by atoms with Crippen molar-refractivity contribution in [3.63, 3.8) is 0 Å². The fraction of sp³-hybridized carbons (Fsp3) is 0.385. The minimum atomic E-state index is -0.324. The van der Waals surface area contributed by atoms with E-state index in [1.807, 2.05) is 37.4 Å². The van der Waals surface area contributed by atoms with E-state index >= 15 is 0 Å². The molecule has 19 heavy (non-hydrogen) atoms. The maximum Gasteiger partial charge on any atom is 0.119 e. The van der Waals surface area contributed by atoms with Crippen molar-refractivity contribution in [2.75, 3.05) is 13.2 Å². The monoisotopic (exact) mass is 262 g/mol. The Labute approximate surface area is 111 Å². The third-order valence-corrected chi connectivity index (χ3v) is 2.66. The molecule has 0 aliphatic carbocycles. The van der Waals surface area contributed by atoms with E-state index in [2.05, 4.69) is 10.3 Å². The summed E-state index contributed by atoms with van der Waals surface area (Å²) in [4.78, 5) is 0. The first-order valence-electron chi connectivity index (χ1n) is 6.22. The van der Waals surface area contributed by atoms with Gasteiger partial charge in [-0.3, -0.25) is 4.68 Å². The minimum Gasteiger partial charge on any atom is -0.494 e.